The number of nitrogens with zero attached hydrogens (tertiary/aromatic N) is 2. The minimum atomic E-state index is -1.10. The lowest BCUT2D eigenvalue weighted by molar-refractivity contribution is -0.140. The number of phenolic OH excluding ortho intramolecular Hbond substituents is 2. The Hall–Kier alpha value is -3.96. The Balaban J connectivity index is 2.17. The van der Waals surface area contributed by atoms with E-state index in [4.69, 9.17) is 5.11 Å². The van der Waals surface area contributed by atoms with Gasteiger partial charge in [-0.25, -0.2) is 0 Å². The van der Waals surface area contributed by atoms with Crippen LogP contribution < -0.4 is 0 Å². The van der Waals surface area contributed by atoms with Crippen LogP contribution in [0.15, 0.2) is 36.4 Å². The highest BCUT2D eigenvalue weighted by Gasteiger charge is 2.18. The van der Waals surface area contributed by atoms with Gasteiger partial charge in [-0.15, -0.1) is 0 Å². The van der Waals surface area contributed by atoms with Gasteiger partial charge in [0, 0.05) is 50.1 Å². The van der Waals surface area contributed by atoms with E-state index in [-0.39, 0.29) is 69.4 Å². The van der Waals surface area contributed by atoms with Crippen molar-refractivity contribution < 1.29 is 44.7 Å². The average Bonchev–Trinajstić information content (AvgIpc) is 2.82. The largest absolute Gasteiger partial charge is 0.508 e. The Labute approximate surface area is 220 Å². The summed E-state index contributed by atoms with van der Waals surface area (Å²) >= 11 is 0. The molecular weight excluding hydrogens is 496 g/mol. The molecule has 5 N–H and O–H groups in total. The molecule has 2 aromatic rings. The van der Waals surface area contributed by atoms with E-state index < -0.39 is 17.9 Å². The van der Waals surface area contributed by atoms with E-state index in [2.05, 4.69) is 0 Å². The summed E-state index contributed by atoms with van der Waals surface area (Å²) in [4.78, 5) is 48.3. The fourth-order valence-corrected chi connectivity index (χ4v) is 3.99. The van der Waals surface area contributed by atoms with Gasteiger partial charge in [-0.3, -0.25) is 24.2 Å². The lowest BCUT2D eigenvalue weighted by atomic mass is 10.0. The van der Waals surface area contributed by atoms with Crippen molar-refractivity contribution in [3.05, 3.63) is 58.7 Å². The molecule has 11 heteroatoms. The Kier molecular flexibility index (Phi) is 11.7. The standard InChI is InChI=1S/C27H34N2O9/c1-18(30)2-3-19-4-7-23(31)21(12-19)14-28(16-26(35)36)10-11-29(17-27(37)38)15-22-13-20(5-8-24(22)32)6-9-25(33)34/h4-5,7-8,12-13,31-32H,2-3,6,9-11,14-17H2,1H3,(H,33,34)(H,35,36)(H,37,38). The first-order valence-corrected chi connectivity index (χ1v) is 12.1. The van der Waals surface area contributed by atoms with Crippen molar-refractivity contribution in [3.63, 3.8) is 0 Å². The first-order chi connectivity index (χ1) is 17.9. The van der Waals surface area contributed by atoms with Crippen LogP contribution in [0.5, 0.6) is 11.5 Å². The van der Waals surface area contributed by atoms with Crippen LogP contribution >= 0.6 is 0 Å². The van der Waals surface area contributed by atoms with Crippen LogP contribution in [-0.4, -0.2) is 85.2 Å². The number of rotatable bonds is 17. The van der Waals surface area contributed by atoms with Crippen molar-refractivity contribution >= 4 is 23.7 Å². The van der Waals surface area contributed by atoms with Gasteiger partial charge in [0.1, 0.15) is 17.3 Å². The number of hydrogen-bond acceptors (Lipinski definition) is 8. The molecule has 0 saturated heterocycles. The average molecular weight is 531 g/mol. The molecule has 206 valence electrons. The van der Waals surface area contributed by atoms with E-state index in [0.29, 0.717) is 29.5 Å². The molecule has 0 saturated carbocycles. The van der Waals surface area contributed by atoms with E-state index >= 15 is 0 Å². The van der Waals surface area contributed by atoms with Crippen LogP contribution in [0.2, 0.25) is 0 Å². The molecule has 0 aliphatic rings. The molecule has 0 aliphatic carbocycles. The molecule has 0 bridgehead atoms. The maximum atomic E-state index is 11.5. The van der Waals surface area contributed by atoms with Crippen molar-refractivity contribution in [2.24, 2.45) is 0 Å². The SMILES string of the molecule is CC(=O)CCc1ccc(O)c(CN(CCN(CC(=O)O)Cc2cc(CCC(=O)O)ccc2O)CC(=O)O)c1. The number of carbonyl (C=O) groups is 4. The maximum Gasteiger partial charge on any atom is 0.317 e. The molecule has 0 heterocycles. The van der Waals surface area contributed by atoms with Crippen molar-refractivity contribution in [1.29, 1.82) is 0 Å². The molecular formula is C27H34N2O9. The van der Waals surface area contributed by atoms with Gasteiger partial charge < -0.3 is 30.3 Å². The molecule has 0 spiro atoms. The topological polar surface area (TPSA) is 176 Å². The second-order valence-corrected chi connectivity index (χ2v) is 9.23. The molecule has 0 unspecified atom stereocenters. The lowest BCUT2D eigenvalue weighted by Gasteiger charge is -2.26. The van der Waals surface area contributed by atoms with E-state index in [9.17, 15) is 39.6 Å². The highest BCUT2D eigenvalue weighted by atomic mass is 16.4. The zero-order valence-electron chi connectivity index (χ0n) is 21.3. The second kappa shape index (κ2) is 14.7. The van der Waals surface area contributed by atoms with Crippen molar-refractivity contribution in [2.45, 2.75) is 45.7 Å². The number of ketones is 1. The van der Waals surface area contributed by atoms with E-state index in [0.717, 1.165) is 5.56 Å². The molecule has 0 fully saturated rings. The molecule has 2 rings (SSSR count). The lowest BCUT2D eigenvalue weighted by Crippen LogP contribution is -2.39. The number of carboxylic acid groups (broad SMARTS) is 3. The van der Waals surface area contributed by atoms with Gasteiger partial charge in [-0.05, 0) is 43.0 Å². The predicted octanol–water partition coefficient (Wildman–Crippen LogP) is 2.11. The molecule has 0 aromatic heterocycles. The number of phenols is 2. The summed E-state index contributed by atoms with van der Waals surface area (Å²) in [5, 5.41) is 48.3. The summed E-state index contributed by atoms with van der Waals surface area (Å²) in [5.41, 5.74) is 2.42. The maximum absolute atomic E-state index is 11.5. The minimum Gasteiger partial charge on any atom is -0.508 e. The summed E-state index contributed by atoms with van der Waals surface area (Å²) in [6, 6.07) is 9.60. The van der Waals surface area contributed by atoms with Gasteiger partial charge in [-0.1, -0.05) is 24.3 Å². The molecule has 0 amide bonds. The minimum absolute atomic E-state index is 0.0162. The molecule has 0 aliphatic heterocycles. The summed E-state index contributed by atoms with van der Waals surface area (Å²) in [5.74, 6) is -3.20. The monoisotopic (exact) mass is 530 g/mol. The quantitative estimate of drug-likeness (QED) is 0.202. The first kappa shape index (κ1) is 30.3. The summed E-state index contributed by atoms with van der Waals surface area (Å²) in [6.45, 7) is 1.19. The molecule has 2 aromatic carbocycles. The third kappa shape index (κ3) is 11.0. The van der Waals surface area contributed by atoms with Crippen LogP contribution in [0.3, 0.4) is 0 Å². The molecule has 38 heavy (non-hydrogen) atoms. The van der Waals surface area contributed by atoms with Gasteiger partial charge in [0.2, 0.25) is 0 Å². The Morgan fingerprint density at radius 1 is 0.658 bits per heavy atom. The highest BCUT2D eigenvalue weighted by Crippen LogP contribution is 2.23. The Morgan fingerprint density at radius 3 is 1.45 bits per heavy atom. The number of carbonyl (C=O) groups excluding carboxylic acids is 1. The number of aryl methyl sites for hydroxylation is 2. The van der Waals surface area contributed by atoms with E-state index in [1.807, 2.05) is 0 Å². The number of hydrogen-bond donors (Lipinski definition) is 5. The molecule has 11 nitrogen and oxygen atoms in total. The first-order valence-electron chi connectivity index (χ1n) is 12.1. The highest BCUT2D eigenvalue weighted by molar-refractivity contribution is 5.75. The van der Waals surface area contributed by atoms with Gasteiger partial charge >= 0.3 is 17.9 Å². The number of Topliss-reactive ketones (excluding diaryl/α,β-unsaturated/α-hetero) is 1. The van der Waals surface area contributed by atoms with E-state index in [1.165, 1.54) is 24.0 Å². The van der Waals surface area contributed by atoms with Crippen molar-refractivity contribution in [2.75, 3.05) is 26.2 Å². The predicted molar refractivity (Wildman–Crippen MR) is 137 cm³/mol. The van der Waals surface area contributed by atoms with Crippen LogP contribution in [0.1, 0.15) is 42.0 Å². The summed E-state index contributed by atoms with van der Waals surface area (Å²) in [6.07, 6.45) is 0.999. The third-order valence-electron chi connectivity index (χ3n) is 5.92. The van der Waals surface area contributed by atoms with Crippen molar-refractivity contribution in [1.82, 2.24) is 9.80 Å². The molecule has 0 atom stereocenters. The molecule has 0 radical (unpaired) electrons. The Morgan fingerprint density at radius 2 is 1.08 bits per heavy atom. The van der Waals surface area contributed by atoms with Crippen LogP contribution in [0, 0.1) is 0 Å². The van der Waals surface area contributed by atoms with Gasteiger partial charge in [0.15, 0.2) is 0 Å². The number of benzene rings is 2. The van der Waals surface area contributed by atoms with Crippen LogP contribution in [-0.2, 0) is 45.1 Å². The number of aromatic hydroxyl groups is 2. The fraction of sp³-hybridized carbons (Fsp3) is 0.407. The zero-order chi connectivity index (χ0) is 28.2. The van der Waals surface area contributed by atoms with E-state index in [1.54, 1.807) is 29.2 Å². The summed E-state index contributed by atoms with van der Waals surface area (Å²) < 4.78 is 0. The number of aliphatic carboxylic acids is 3. The van der Waals surface area contributed by atoms with Crippen molar-refractivity contribution in [3.8, 4) is 11.5 Å². The zero-order valence-corrected chi connectivity index (χ0v) is 21.3. The second-order valence-electron chi connectivity index (χ2n) is 9.23. The van der Waals surface area contributed by atoms with Gasteiger partial charge in [0.05, 0.1) is 13.1 Å². The third-order valence-corrected chi connectivity index (χ3v) is 5.92. The van der Waals surface area contributed by atoms with Gasteiger partial charge in [0.25, 0.3) is 0 Å². The normalized spacial score (nSPS) is 11.1. The van der Waals surface area contributed by atoms with Crippen LogP contribution in [0.25, 0.3) is 0 Å². The smallest absolute Gasteiger partial charge is 0.317 e. The Bertz CT molecular complexity index is 1060. The summed E-state index contributed by atoms with van der Waals surface area (Å²) in [7, 11) is 0. The number of carboxylic acids is 3. The van der Waals surface area contributed by atoms with Gasteiger partial charge in [-0.2, -0.15) is 0 Å². The van der Waals surface area contributed by atoms with Crippen LogP contribution in [0.4, 0.5) is 0 Å². The fourth-order valence-electron chi connectivity index (χ4n) is 3.99.